The van der Waals surface area contributed by atoms with Gasteiger partial charge in [0.25, 0.3) is 0 Å². The molecule has 3 N–H and O–H groups in total. The smallest absolute Gasteiger partial charge is 0.407 e. The number of rotatable bonds is 10. The van der Waals surface area contributed by atoms with Crippen LogP contribution in [0.4, 0.5) is 4.79 Å². The van der Waals surface area contributed by atoms with Gasteiger partial charge in [-0.25, -0.2) is 4.79 Å². The first-order chi connectivity index (χ1) is 17.0. The fraction of sp³-hybridized carbons (Fsp3) is 0.444. The Morgan fingerprint density at radius 1 is 1.09 bits per heavy atom. The van der Waals surface area contributed by atoms with Gasteiger partial charge in [0.2, 0.25) is 5.91 Å². The van der Waals surface area contributed by atoms with Crippen LogP contribution in [0.1, 0.15) is 49.7 Å². The summed E-state index contributed by atoms with van der Waals surface area (Å²) in [6.45, 7) is 2.81. The van der Waals surface area contributed by atoms with Crippen molar-refractivity contribution in [1.82, 2.24) is 10.6 Å². The third-order valence-electron chi connectivity index (χ3n) is 6.73. The first-order valence-corrected chi connectivity index (χ1v) is 12.2. The minimum absolute atomic E-state index is 0.0220. The molecule has 1 aliphatic heterocycles. The van der Waals surface area contributed by atoms with E-state index in [1.54, 1.807) is 0 Å². The van der Waals surface area contributed by atoms with Gasteiger partial charge in [-0.3, -0.25) is 9.59 Å². The number of alkyl carbamates (subject to hydrolysis) is 1. The lowest BCUT2D eigenvalue weighted by molar-refractivity contribution is -0.138. The first-order valence-electron chi connectivity index (χ1n) is 12.2. The molecule has 1 heterocycles. The van der Waals surface area contributed by atoms with Crippen LogP contribution in [0.15, 0.2) is 48.5 Å². The van der Waals surface area contributed by atoms with Crippen molar-refractivity contribution >= 4 is 18.0 Å². The third kappa shape index (κ3) is 5.82. The molecule has 0 aromatic heterocycles. The highest BCUT2D eigenvalue weighted by molar-refractivity contribution is 5.82. The Morgan fingerprint density at radius 3 is 2.37 bits per heavy atom. The maximum absolute atomic E-state index is 12.7. The number of hydrogen-bond acceptors (Lipinski definition) is 5. The quantitative estimate of drug-likeness (QED) is 0.478. The van der Waals surface area contributed by atoms with Crippen LogP contribution in [-0.2, 0) is 19.1 Å². The van der Waals surface area contributed by atoms with E-state index >= 15 is 0 Å². The van der Waals surface area contributed by atoms with E-state index in [1.807, 2.05) is 31.2 Å². The summed E-state index contributed by atoms with van der Waals surface area (Å²) in [6.07, 6.45) is 0.572. The zero-order chi connectivity index (χ0) is 24.8. The van der Waals surface area contributed by atoms with Crippen LogP contribution in [0.3, 0.4) is 0 Å². The number of carboxylic acids is 1. The average molecular weight is 481 g/mol. The van der Waals surface area contributed by atoms with Gasteiger partial charge in [-0.15, -0.1) is 0 Å². The molecule has 8 nitrogen and oxygen atoms in total. The fourth-order valence-electron chi connectivity index (χ4n) is 5.06. The fourth-order valence-corrected chi connectivity index (χ4v) is 5.06. The number of carboxylic acid groups (broad SMARTS) is 1. The lowest BCUT2D eigenvalue weighted by atomic mass is 9.98. The first kappa shape index (κ1) is 24.7. The van der Waals surface area contributed by atoms with Crippen LogP contribution in [0, 0.1) is 5.92 Å². The van der Waals surface area contributed by atoms with E-state index in [0.29, 0.717) is 19.4 Å². The standard InChI is InChI=1S/C27H32N2O6/c1-2-7-18(14-24(30)31)29-26(32)25-17(12-13-34-25)15-28-27(33)35-16-23-21-10-5-3-8-19(21)20-9-4-6-11-22(20)23/h3-6,8-11,17-18,23,25H,2,7,12-16H2,1H3,(H,28,33)(H,29,32)(H,30,31)/t17?,18-,25?/m1/s1. The molecule has 2 aromatic rings. The van der Waals surface area contributed by atoms with Gasteiger partial charge in [-0.2, -0.15) is 0 Å². The van der Waals surface area contributed by atoms with E-state index < -0.39 is 24.2 Å². The topological polar surface area (TPSA) is 114 Å². The molecule has 1 aliphatic carbocycles. The van der Waals surface area contributed by atoms with E-state index in [4.69, 9.17) is 14.6 Å². The summed E-state index contributed by atoms with van der Waals surface area (Å²) in [7, 11) is 0. The summed E-state index contributed by atoms with van der Waals surface area (Å²) >= 11 is 0. The number of fused-ring (bicyclic) bond motifs is 3. The highest BCUT2D eigenvalue weighted by atomic mass is 16.5. The van der Waals surface area contributed by atoms with Crippen molar-refractivity contribution in [2.75, 3.05) is 19.8 Å². The second kappa shape index (κ2) is 11.4. The molecule has 0 spiro atoms. The van der Waals surface area contributed by atoms with Gasteiger partial charge in [0.05, 0.1) is 6.42 Å². The molecule has 2 aliphatic rings. The monoisotopic (exact) mass is 480 g/mol. The van der Waals surface area contributed by atoms with Gasteiger partial charge in [0.1, 0.15) is 12.7 Å². The zero-order valence-corrected chi connectivity index (χ0v) is 19.9. The molecule has 0 bridgehead atoms. The molecular weight excluding hydrogens is 448 g/mol. The molecule has 2 unspecified atom stereocenters. The summed E-state index contributed by atoms with van der Waals surface area (Å²) in [5.74, 6) is -1.51. The largest absolute Gasteiger partial charge is 0.481 e. The van der Waals surface area contributed by atoms with Crippen LogP contribution in [0.25, 0.3) is 11.1 Å². The minimum atomic E-state index is -0.954. The van der Waals surface area contributed by atoms with Crippen LogP contribution in [-0.4, -0.2) is 55.0 Å². The number of carbonyl (C=O) groups excluding carboxylic acids is 2. The predicted octanol–water partition coefficient (Wildman–Crippen LogP) is 3.69. The Hall–Kier alpha value is -3.39. The number of nitrogens with one attached hydrogen (secondary N) is 2. The Morgan fingerprint density at radius 2 is 1.74 bits per heavy atom. The summed E-state index contributed by atoms with van der Waals surface area (Å²) in [5, 5.41) is 14.7. The molecular formula is C27H32N2O6. The molecule has 0 radical (unpaired) electrons. The molecule has 8 heteroatoms. The van der Waals surface area contributed by atoms with Crippen molar-refractivity contribution in [3.05, 3.63) is 59.7 Å². The molecule has 2 aromatic carbocycles. The Kier molecular flexibility index (Phi) is 8.02. The number of hydrogen-bond donors (Lipinski definition) is 3. The van der Waals surface area contributed by atoms with Gasteiger partial charge >= 0.3 is 12.1 Å². The summed E-state index contributed by atoms with van der Waals surface area (Å²) in [4.78, 5) is 36.3. The van der Waals surface area contributed by atoms with E-state index in [2.05, 4.69) is 34.9 Å². The van der Waals surface area contributed by atoms with Crippen molar-refractivity contribution in [3.63, 3.8) is 0 Å². The summed E-state index contributed by atoms with van der Waals surface area (Å²) in [5.41, 5.74) is 4.62. The van der Waals surface area contributed by atoms with E-state index in [0.717, 1.165) is 17.5 Å². The predicted molar refractivity (Wildman–Crippen MR) is 130 cm³/mol. The van der Waals surface area contributed by atoms with E-state index in [1.165, 1.54) is 11.1 Å². The Bertz CT molecular complexity index is 1030. The van der Waals surface area contributed by atoms with Gasteiger partial charge in [-0.05, 0) is 35.1 Å². The molecule has 3 atom stereocenters. The summed E-state index contributed by atoms with van der Waals surface area (Å²) in [6, 6.07) is 15.9. The zero-order valence-electron chi connectivity index (χ0n) is 19.9. The van der Waals surface area contributed by atoms with Crippen molar-refractivity contribution in [2.24, 2.45) is 5.92 Å². The normalized spacial score (nSPS) is 19.5. The van der Waals surface area contributed by atoms with E-state index in [9.17, 15) is 14.4 Å². The van der Waals surface area contributed by atoms with Crippen LogP contribution in [0.5, 0.6) is 0 Å². The SMILES string of the molecule is CCC[C@H](CC(=O)O)NC(=O)C1OCCC1CNC(=O)OCC1c2ccccc2-c2ccccc21. The van der Waals surface area contributed by atoms with Gasteiger partial charge < -0.3 is 25.2 Å². The number of benzene rings is 2. The number of carbonyl (C=O) groups is 3. The minimum Gasteiger partial charge on any atom is -0.481 e. The van der Waals surface area contributed by atoms with Crippen molar-refractivity contribution in [1.29, 1.82) is 0 Å². The lowest BCUT2D eigenvalue weighted by Gasteiger charge is -2.22. The third-order valence-corrected chi connectivity index (χ3v) is 6.73. The number of amides is 2. The second-order valence-corrected chi connectivity index (χ2v) is 9.14. The molecule has 35 heavy (non-hydrogen) atoms. The van der Waals surface area contributed by atoms with Crippen molar-refractivity contribution in [2.45, 2.75) is 50.7 Å². The highest BCUT2D eigenvalue weighted by Gasteiger charge is 2.36. The van der Waals surface area contributed by atoms with Crippen molar-refractivity contribution < 1.29 is 29.0 Å². The average Bonchev–Trinajstić information content (AvgIpc) is 3.44. The maximum Gasteiger partial charge on any atom is 0.407 e. The lowest BCUT2D eigenvalue weighted by Crippen LogP contribution is -2.46. The van der Waals surface area contributed by atoms with Gasteiger partial charge in [0, 0.05) is 31.0 Å². The van der Waals surface area contributed by atoms with Crippen LogP contribution in [0.2, 0.25) is 0 Å². The number of ether oxygens (including phenoxy) is 2. The Labute approximate surface area is 205 Å². The van der Waals surface area contributed by atoms with Crippen molar-refractivity contribution in [3.8, 4) is 11.1 Å². The molecule has 4 rings (SSSR count). The molecule has 186 valence electrons. The Balaban J connectivity index is 1.29. The molecule has 0 saturated carbocycles. The van der Waals surface area contributed by atoms with Gasteiger partial charge in [-0.1, -0.05) is 61.9 Å². The summed E-state index contributed by atoms with van der Waals surface area (Å²) < 4.78 is 11.2. The molecule has 1 saturated heterocycles. The number of aliphatic carboxylic acids is 1. The van der Waals surface area contributed by atoms with E-state index in [-0.39, 0.29) is 37.3 Å². The van der Waals surface area contributed by atoms with Crippen LogP contribution >= 0.6 is 0 Å². The molecule has 1 fully saturated rings. The van der Waals surface area contributed by atoms with Gasteiger partial charge in [0.15, 0.2) is 0 Å². The second-order valence-electron chi connectivity index (χ2n) is 9.14. The highest BCUT2D eigenvalue weighted by Crippen LogP contribution is 2.44. The maximum atomic E-state index is 12.7. The molecule has 2 amide bonds. The van der Waals surface area contributed by atoms with Crippen LogP contribution < -0.4 is 10.6 Å².